The summed E-state index contributed by atoms with van der Waals surface area (Å²) in [6.45, 7) is 2.57. The minimum absolute atomic E-state index is 0.193. The number of aromatic nitrogens is 1. The van der Waals surface area contributed by atoms with Gasteiger partial charge in [-0.15, -0.1) is 0 Å². The minimum Gasteiger partial charge on any atom is -0.379 e. The van der Waals surface area contributed by atoms with E-state index in [2.05, 4.69) is 26.3 Å². The van der Waals surface area contributed by atoms with Gasteiger partial charge in [-0.05, 0) is 22.0 Å². The molecule has 7 heteroatoms. The normalized spacial score (nSPS) is 16.8. The van der Waals surface area contributed by atoms with Gasteiger partial charge in [-0.2, -0.15) is 0 Å². The van der Waals surface area contributed by atoms with Gasteiger partial charge in [0.2, 0.25) is 0 Å². The number of nitrogens with one attached hydrogen (secondary N) is 1. The number of pyridine rings is 1. The molecular weight excluding hydrogens is 309 g/mol. The molecular formula is C10H11BrClN3O2. The van der Waals surface area contributed by atoms with E-state index in [0.717, 1.165) is 0 Å². The van der Waals surface area contributed by atoms with E-state index in [-0.39, 0.29) is 11.1 Å². The number of hydrazine groups is 1. The maximum absolute atomic E-state index is 11.9. The van der Waals surface area contributed by atoms with Crippen LogP contribution >= 0.6 is 27.5 Å². The molecule has 0 aliphatic carbocycles. The molecule has 1 aromatic heterocycles. The first-order valence-corrected chi connectivity index (χ1v) is 6.28. The zero-order chi connectivity index (χ0) is 12.3. The summed E-state index contributed by atoms with van der Waals surface area (Å²) in [6.07, 6.45) is 1.55. The number of ether oxygens (including phenoxy) is 1. The number of rotatable bonds is 2. The number of hydrogen-bond acceptors (Lipinski definition) is 4. The van der Waals surface area contributed by atoms with Crippen LogP contribution in [0.4, 0.5) is 0 Å². The molecule has 0 aromatic carbocycles. The van der Waals surface area contributed by atoms with Crippen molar-refractivity contribution in [2.45, 2.75) is 0 Å². The standard InChI is InChI=1S/C10H11BrClN3O2/c11-7-5-8(9(12)13-6-7)10(16)14-15-1-3-17-4-2-15/h5-6H,1-4H2,(H,14,16). The molecule has 0 bridgehead atoms. The van der Waals surface area contributed by atoms with Crippen molar-refractivity contribution in [1.82, 2.24) is 15.4 Å². The monoisotopic (exact) mass is 319 g/mol. The summed E-state index contributed by atoms with van der Waals surface area (Å²) >= 11 is 9.13. The van der Waals surface area contributed by atoms with Crippen LogP contribution in [0, 0.1) is 0 Å². The highest BCUT2D eigenvalue weighted by Crippen LogP contribution is 2.17. The molecule has 0 saturated carbocycles. The van der Waals surface area contributed by atoms with Gasteiger partial charge < -0.3 is 4.74 Å². The highest BCUT2D eigenvalue weighted by molar-refractivity contribution is 9.10. The van der Waals surface area contributed by atoms with Crippen molar-refractivity contribution in [2.75, 3.05) is 26.3 Å². The summed E-state index contributed by atoms with van der Waals surface area (Å²) < 4.78 is 5.91. The molecule has 1 aliphatic heterocycles. The molecule has 1 amide bonds. The van der Waals surface area contributed by atoms with E-state index >= 15 is 0 Å². The van der Waals surface area contributed by atoms with Crippen molar-refractivity contribution in [1.29, 1.82) is 0 Å². The Morgan fingerprint density at radius 2 is 2.24 bits per heavy atom. The smallest absolute Gasteiger partial charge is 0.268 e. The quantitative estimate of drug-likeness (QED) is 0.839. The lowest BCUT2D eigenvalue weighted by molar-refractivity contribution is 0.0126. The molecule has 5 nitrogen and oxygen atoms in total. The highest BCUT2D eigenvalue weighted by atomic mass is 79.9. The van der Waals surface area contributed by atoms with Crippen LogP contribution in [0.15, 0.2) is 16.7 Å². The molecule has 1 aliphatic rings. The number of carbonyl (C=O) groups is 1. The Morgan fingerprint density at radius 3 is 2.94 bits per heavy atom. The van der Waals surface area contributed by atoms with E-state index in [9.17, 15) is 4.79 Å². The second kappa shape index (κ2) is 5.77. The van der Waals surface area contributed by atoms with Crippen molar-refractivity contribution >= 4 is 33.4 Å². The molecule has 1 N–H and O–H groups in total. The fourth-order valence-corrected chi connectivity index (χ4v) is 1.98. The first-order valence-electron chi connectivity index (χ1n) is 5.11. The van der Waals surface area contributed by atoms with Gasteiger partial charge in [0, 0.05) is 23.8 Å². The van der Waals surface area contributed by atoms with Gasteiger partial charge in [-0.1, -0.05) is 11.6 Å². The van der Waals surface area contributed by atoms with Crippen LogP contribution in [0.5, 0.6) is 0 Å². The van der Waals surface area contributed by atoms with E-state index in [1.807, 2.05) is 5.01 Å². The average molecular weight is 321 g/mol. The van der Waals surface area contributed by atoms with Gasteiger partial charge in [0.05, 0.1) is 18.8 Å². The predicted octanol–water partition coefficient (Wildman–Crippen LogP) is 1.47. The highest BCUT2D eigenvalue weighted by Gasteiger charge is 2.17. The molecule has 1 saturated heterocycles. The summed E-state index contributed by atoms with van der Waals surface area (Å²) in [7, 11) is 0. The molecule has 0 spiro atoms. The van der Waals surface area contributed by atoms with E-state index in [1.54, 1.807) is 12.3 Å². The number of halogens is 2. The first kappa shape index (κ1) is 12.8. The summed E-state index contributed by atoms with van der Waals surface area (Å²) in [5, 5.41) is 2.00. The van der Waals surface area contributed by atoms with Gasteiger partial charge in [0.1, 0.15) is 5.15 Å². The topological polar surface area (TPSA) is 54.5 Å². The third-order valence-corrected chi connectivity index (χ3v) is 3.06. The van der Waals surface area contributed by atoms with Crippen molar-refractivity contribution in [3.63, 3.8) is 0 Å². The Hall–Kier alpha value is -0.690. The van der Waals surface area contributed by atoms with Crippen molar-refractivity contribution < 1.29 is 9.53 Å². The van der Waals surface area contributed by atoms with Crippen LogP contribution in [-0.2, 0) is 4.74 Å². The zero-order valence-corrected chi connectivity index (χ0v) is 11.3. The average Bonchev–Trinajstić information content (AvgIpc) is 2.33. The Kier molecular flexibility index (Phi) is 4.33. The van der Waals surface area contributed by atoms with Crippen LogP contribution in [0.3, 0.4) is 0 Å². The number of carbonyl (C=O) groups excluding carboxylic acids is 1. The van der Waals surface area contributed by atoms with E-state index in [1.165, 1.54) is 0 Å². The second-order valence-corrected chi connectivity index (χ2v) is 4.81. The molecule has 0 unspecified atom stereocenters. The molecule has 0 atom stereocenters. The van der Waals surface area contributed by atoms with Crippen LogP contribution in [-0.4, -0.2) is 42.2 Å². The summed E-state index contributed by atoms with van der Waals surface area (Å²) in [6, 6.07) is 1.64. The summed E-state index contributed by atoms with van der Waals surface area (Å²) in [4.78, 5) is 15.9. The van der Waals surface area contributed by atoms with Gasteiger partial charge in [0.15, 0.2) is 0 Å². The summed E-state index contributed by atoms with van der Waals surface area (Å²) in [5.74, 6) is -0.259. The molecule has 17 heavy (non-hydrogen) atoms. The number of morpholine rings is 1. The van der Waals surface area contributed by atoms with Gasteiger partial charge in [-0.3, -0.25) is 10.2 Å². The van der Waals surface area contributed by atoms with E-state index in [4.69, 9.17) is 16.3 Å². The molecule has 2 rings (SSSR count). The molecule has 1 aromatic rings. The summed E-state index contributed by atoms with van der Waals surface area (Å²) in [5.41, 5.74) is 3.13. The lowest BCUT2D eigenvalue weighted by Crippen LogP contribution is -2.48. The molecule has 0 radical (unpaired) electrons. The Morgan fingerprint density at radius 1 is 1.53 bits per heavy atom. The molecule has 92 valence electrons. The Labute approximate surface area is 112 Å². The molecule has 2 heterocycles. The SMILES string of the molecule is O=C(NN1CCOCC1)c1cc(Br)cnc1Cl. The van der Waals surface area contributed by atoms with Crippen LogP contribution in [0.1, 0.15) is 10.4 Å². The van der Waals surface area contributed by atoms with Crippen LogP contribution in [0.2, 0.25) is 5.15 Å². The van der Waals surface area contributed by atoms with Gasteiger partial charge in [-0.25, -0.2) is 9.99 Å². The van der Waals surface area contributed by atoms with Gasteiger partial charge >= 0.3 is 0 Å². The second-order valence-electron chi connectivity index (χ2n) is 3.53. The third kappa shape index (κ3) is 3.38. The van der Waals surface area contributed by atoms with Crippen molar-refractivity contribution in [3.8, 4) is 0 Å². The maximum Gasteiger partial charge on any atom is 0.268 e. The largest absolute Gasteiger partial charge is 0.379 e. The first-order chi connectivity index (χ1) is 8.16. The number of nitrogens with zero attached hydrogens (tertiary/aromatic N) is 2. The fourth-order valence-electron chi connectivity index (χ4n) is 1.46. The number of hydrogen-bond donors (Lipinski definition) is 1. The Balaban J connectivity index is 2.05. The maximum atomic E-state index is 11.9. The van der Waals surface area contributed by atoms with Crippen molar-refractivity contribution in [3.05, 3.63) is 27.5 Å². The van der Waals surface area contributed by atoms with Crippen LogP contribution in [0.25, 0.3) is 0 Å². The van der Waals surface area contributed by atoms with E-state index < -0.39 is 0 Å². The fraction of sp³-hybridized carbons (Fsp3) is 0.400. The van der Waals surface area contributed by atoms with Crippen LogP contribution < -0.4 is 5.43 Å². The lowest BCUT2D eigenvalue weighted by Gasteiger charge is -2.26. The Bertz CT molecular complexity index is 424. The van der Waals surface area contributed by atoms with Gasteiger partial charge in [0.25, 0.3) is 5.91 Å². The molecule has 1 fully saturated rings. The van der Waals surface area contributed by atoms with Crippen molar-refractivity contribution in [2.24, 2.45) is 0 Å². The number of amides is 1. The minimum atomic E-state index is -0.259. The predicted molar refractivity (Wildman–Crippen MR) is 66.8 cm³/mol. The zero-order valence-electron chi connectivity index (χ0n) is 8.95. The lowest BCUT2D eigenvalue weighted by atomic mass is 10.3. The van der Waals surface area contributed by atoms with E-state index in [0.29, 0.717) is 36.3 Å². The third-order valence-electron chi connectivity index (χ3n) is 2.32.